The molecule has 144 valence electrons. The highest BCUT2D eigenvalue weighted by atomic mass is 32.1. The zero-order chi connectivity index (χ0) is 18.6. The summed E-state index contributed by atoms with van der Waals surface area (Å²) in [7, 11) is 0. The molecule has 2 aromatic heterocycles. The Bertz CT molecular complexity index is 791. The normalized spacial score (nSPS) is 19.9. The number of nitrogens with zero attached hydrogens (tertiary/aromatic N) is 4. The second-order valence-corrected chi connectivity index (χ2v) is 7.78. The molecule has 0 aromatic carbocycles. The summed E-state index contributed by atoms with van der Waals surface area (Å²) < 4.78 is 5.30. The number of amides is 2. The van der Waals surface area contributed by atoms with Gasteiger partial charge in [0.2, 0.25) is 22.1 Å². The molecule has 8 nitrogen and oxygen atoms in total. The Morgan fingerprint density at radius 2 is 2.19 bits per heavy atom. The molecule has 1 atom stereocenters. The molecule has 2 aliphatic heterocycles. The molecule has 0 aliphatic carbocycles. The van der Waals surface area contributed by atoms with Crippen LogP contribution in [-0.4, -0.2) is 47.7 Å². The molecule has 27 heavy (non-hydrogen) atoms. The Morgan fingerprint density at radius 3 is 2.96 bits per heavy atom. The van der Waals surface area contributed by atoms with Crippen LogP contribution in [-0.2, 0) is 16.0 Å². The number of nitrogens with one attached hydrogen (secondary N) is 1. The molecular weight excluding hydrogens is 366 g/mol. The summed E-state index contributed by atoms with van der Waals surface area (Å²) in [6, 6.07) is 3.60. The topological polar surface area (TPSA) is 91.6 Å². The van der Waals surface area contributed by atoms with Crippen LogP contribution in [0.4, 0.5) is 10.3 Å². The van der Waals surface area contributed by atoms with Gasteiger partial charge in [0.05, 0.1) is 6.26 Å². The molecule has 0 saturated carbocycles. The number of aryl methyl sites for hydroxylation is 1. The first-order chi connectivity index (χ1) is 13.2. The van der Waals surface area contributed by atoms with Crippen LogP contribution in [0.15, 0.2) is 22.8 Å². The van der Waals surface area contributed by atoms with E-state index < -0.39 is 0 Å². The lowest BCUT2D eigenvalue weighted by Gasteiger charge is -2.22. The Kier molecular flexibility index (Phi) is 5.38. The Balaban J connectivity index is 1.32. The smallest absolute Gasteiger partial charge is 0.242 e. The minimum atomic E-state index is -0.219. The molecule has 4 heterocycles. The number of hydrogen-bond donors (Lipinski definition) is 1. The van der Waals surface area contributed by atoms with E-state index in [9.17, 15) is 9.59 Å². The predicted molar refractivity (Wildman–Crippen MR) is 102 cm³/mol. The highest BCUT2D eigenvalue weighted by Crippen LogP contribution is 2.33. The van der Waals surface area contributed by atoms with Crippen LogP contribution < -0.4 is 15.1 Å². The molecule has 1 N–H and O–H groups in total. The molecule has 4 rings (SSSR count). The largest absolute Gasteiger partial charge is 0.469 e. The summed E-state index contributed by atoms with van der Waals surface area (Å²) in [5.74, 6) is 1.07. The van der Waals surface area contributed by atoms with Gasteiger partial charge in [0.25, 0.3) is 0 Å². The first-order valence-electron chi connectivity index (χ1n) is 9.43. The second kappa shape index (κ2) is 8.08. The summed E-state index contributed by atoms with van der Waals surface area (Å²) in [4.78, 5) is 28.2. The van der Waals surface area contributed by atoms with E-state index in [0.29, 0.717) is 24.6 Å². The number of furan rings is 1. The van der Waals surface area contributed by atoms with Crippen LogP contribution in [0.25, 0.3) is 0 Å². The van der Waals surface area contributed by atoms with Gasteiger partial charge in [-0.1, -0.05) is 11.3 Å². The van der Waals surface area contributed by atoms with Crippen molar-refractivity contribution in [2.45, 2.75) is 44.6 Å². The van der Waals surface area contributed by atoms with E-state index in [1.165, 1.54) is 11.3 Å². The van der Waals surface area contributed by atoms with Crippen LogP contribution in [0.3, 0.4) is 0 Å². The van der Waals surface area contributed by atoms with Crippen LogP contribution in [0, 0.1) is 0 Å². The average Bonchev–Trinajstić information content (AvgIpc) is 3.45. The van der Waals surface area contributed by atoms with Crippen molar-refractivity contribution in [2.75, 3.05) is 29.4 Å². The molecule has 2 fully saturated rings. The number of carbonyl (C=O) groups excluding carboxylic acids is 2. The molecular formula is C18H23N5O3S. The van der Waals surface area contributed by atoms with Crippen molar-refractivity contribution in [1.82, 2.24) is 15.5 Å². The number of carbonyl (C=O) groups is 2. The maximum Gasteiger partial charge on any atom is 0.242 e. The summed E-state index contributed by atoms with van der Waals surface area (Å²) in [6.07, 6.45) is 6.50. The highest BCUT2D eigenvalue weighted by Gasteiger charge is 2.34. The summed E-state index contributed by atoms with van der Waals surface area (Å²) in [6.45, 7) is 2.10. The first kappa shape index (κ1) is 18.0. The molecule has 9 heteroatoms. The van der Waals surface area contributed by atoms with E-state index in [4.69, 9.17) is 4.42 Å². The van der Waals surface area contributed by atoms with E-state index in [0.717, 1.165) is 49.5 Å². The maximum absolute atomic E-state index is 12.6. The fourth-order valence-corrected chi connectivity index (χ4v) is 4.56. The van der Waals surface area contributed by atoms with Gasteiger partial charge in [-0.3, -0.25) is 14.5 Å². The summed E-state index contributed by atoms with van der Waals surface area (Å²) in [5, 5.41) is 12.8. The van der Waals surface area contributed by atoms with Crippen LogP contribution in [0.1, 0.15) is 37.9 Å². The zero-order valence-electron chi connectivity index (χ0n) is 15.1. The molecule has 2 saturated heterocycles. The third-order valence-corrected chi connectivity index (χ3v) is 5.97. The van der Waals surface area contributed by atoms with Crippen molar-refractivity contribution in [3.63, 3.8) is 0 Å². The second-order valence-electron chi connectivity index (χ2n) is 6.84. The maximum atomic E-state index is 12.6. The quantitative estimate of drug-likeness (QED) is 0.728. The lowest BCUT2D eigenvalue weighted by Crippen LogP contribution is -2.43. The number of rotatable bonds is 7. The molecule has 2 aromatic rings. The first-order valence-corrected chi connectivity index (χ1v) is 10.2. The van der Waals surface area contributed by atoms with Gasteiger partial charge in [0.15, 0.2) is 0 Å². The van der Waals surface area contributed by atoms with Crippen molar-refractivity contribution < 1.29 is 14.0 Å². The molecule has 0 radical (unpaired) electrons. The van der Waals surface area contributed by atoms with E-state index in [2.05, 4.69) is 15.5 Å². The van der Waals surface area contributed by atoms with Gasteiger partial charge in [-0.15, -0.1) is 10.2 Å². The Labute approximate surface area is 161 Å². The van der Waals surface area contributed by atoms with Gasteiger partial charge < -0.3 is 14.6 Å². The van der Waals surface area contributed by atoms with Crippen molar-refractivity contribution in [3.8, 4) is 0 Å². The van der Waals surface area contributed by atoms with Crippen molar-refractivity contribution in [3.05, 3.63) is 24.2 Å². The number of aromatic nitrogens is 2. The number of anilines is 2. The van der Waals surface area contributed by atoms with Crippen LogP contribution in [0.5, 0.6) is 0 Å². The van der Waals surface area contributed by atoms with E-state index >= 15 is 0 Å². The van der Waals surface area contributed by atoms with Crippen molar-refractivity contribution in [1.29, 1.82) is 0 Å². The summed E-state index contributed by atoms with van der Waals surface area (Å²) in [5.41, 5.74) is 0. The lowest BCUT2D eigenvalue weighted by atomic mass is 10.2. The van der Waals surface area contributed by atoms with Gasteiger partial charge in [0, 0.05) is 32.5 Å². The SMILES string of the molecule is O=C(NCCCc1ccco1)[C@H]1CCCN1c1nnc(N2CCCC2=O)s1. The molecule has 0 unspecified atom stereocenters. The van der Waals surface area contributed by atoms with Crippen molar-refractivity contribution >= 4 is 33.4 Å². The van der Waals surface area contributed by atoms with Crippen LogP contribution in [0.2, 0.25) is 0 Å². The molecule has 0 bridgehead atoms. The number of hydrogen-bond acceptors (Lipinski definition) is 7. The molecule has 2 amide bonds. The standard InChI is InChI=1S/C18H23N5O3S/c24-15-8-3-11-23(15)18-21-20-17(27-18)22-10-2-7-14(22)16(25)19-9-1-5-13-6-4-12-26-13/h4,6,12,14H,1-3,5,7-11H2,(H,19,25)/t14-/m1/s1. The van der Waals surface area contributed by atoms with E-state index in [1.807, 2.05) is 17.0 Å². The summed E-state index contributed by atoms with van der Waals surface area (Å²) >= 11 is 1.40. The van der Waals surface area contributed by atoms with Gasteiger partial charge in [0.1, 0.15) is 11.8 Å². The van der Waals surface area contributed by atoms with Gasteiger partial charge in [-0.2, -0.15) is 0 Å². The van der Waals surface area contributed by atoms with Gasteiger partial charge in [-0.25, -0.2) is 0 Å². The van der Waals surface area contributed by atoms with Crippen molar-refractivity contribution in [2.24, 2.45) is 0 Å². The van der Waals surface area contributed by atoms with E-state index in [-0.39, 0.29) is 17.9 Å². The molecule has 2 aliphatic rings. The minimum Gasteiger partial charge on any atom is -0.469 e. The zero-order valence-corrected chi connectivity index (χ0v) is 15.9. The molecule has 0 spiro atoms. The third-order valence-electron chi connectivity index (χ3n) is 4.99. The van der Waals surface area contributed by atoms with E-state index in [1.54, 1.807) is 11.2 Å². The lowest BCUT2D eigenvalue weighted by molar-refractivity contribution is -0.122. The minimum absolute atomic E-state index is 0.0287. The Hall–Kier alpha value is -2.42. The van der Waals surface area contributed by atoms with Gasteiger partial charge in [-0.05, 0) is 37.8 Å². The van der Waals surface area contributed by atoms with Gasteiger partial charge >= 0.3 is 0 Å². The fraction of sp³-hybridized carbons (Fsp3) is 0.556. The third kappa shape index (κ3) is 3.97. The van der Waals surface area contributed by atoms with Crippen LogP contribution >= 0.6 is 11.3 Å². The highest BCUT2D eigenvalue weighted by molar-refractivity contribution is 7.19. The monoisotopic (exact) mass is 389 g/mol. The predicted octanol–water partition coefficient (Wildman–Crippen LogP) is 1.98. The average molecular weight is 389 g/mol. The Morgan fingerprint density at radius 1 is 1.30 bits per heavy atom. The fourth-order valence-electron chi connectivity index (χ4n) is 3.60.